The lowest BCUT2D eigenvalue weighted by Crippen LogP contribution is -2.34. The lowest BCUT2D eigenvalue weighted by Gasteiger charge is -2.24. The van der Waals surface area contributed by atoms with E-state index >= 15 is 0 Å². The second-order valence-corrected chi connectivity index (χ2v) is 4.67. The summed E-state index contributed by atoms with van der Waals surface area (Å²) in [5, 5.41) is 2.65. The Morgan fingerprint density at radius 2 is 2.37 bits per heavy atom. The van der Waals surface area contributed by atoms with Crippen LogP contribution >= 0.6 is 0 Å². The van der Waals surface area contributed by atoms with Gasteiger partial charge in [0, 0.05) is 45.6 Å². The standard InChI is InChI=1S/C13H24N4O2/c1-11(9-13(18)14-2)16(3)10-12-15-5-6-17(12)7-8-19-4/h5-6,11H,7-10H2,1-4H3,(H,14,18). The fourth-order valence-electron chi connectivity index (χ4n) is 1.79. The molecule has 1 N–H and O–H groups in total. The molecule has 1 aromatic rings. The number of ether oxygens (including phenoxy) is 1. The molecular weight excluding hydrogens is 244 g/mol. The van der Waals surface area contributed by atoms with Crippen molar-refractivity contribution >= 4 is 5.91 Å². The first-order valence-electron chi connectivity index (χ1n) is 6.48. The predicted octanol–water partition coefficient (Wildman–Crippen LogP) is 0.486. The van der Waals surface area contributed by atoms with Gasteiger partial charge in [-0.2, -0.15) is 0 Å². The van der Waals surface area contributed by atoms with Gasteiger partial charge in [0.15, 0.2) is 0 Å². The van der Waals surface area contributed by atoms with Crippen LogP contribution in [0.4, 0.5) is 0 Å². The summed E-state index contributed by atoms with van der Waals surface area (Å²) in [6.45, 7) is 4.22. The zero-order valence-electron chi connectivity index (χ0n) is 12.2. The highest BCUT2D eigenvalue weighted by Crippen LogP contribution is 2.07. The molecule has 108 valence electrons. The van der Waals surface area contributed by atoms with E-state index in [-0.39, 0.29) is 11.9 Å². The van der Waals surface area contributed by atoms with Gasteiger partial charge < -0.3 is 14.6 Å². The van der Waals surface area contributed by atoms with Crippen LogP contribution in [0.5, 0.6) is 0 Å². The van der Waals surface area contributed by atoms with E-state index in [0.29, 0.717) is 13.0 Å². The zero-order chi connectivity index (χ0) is 14.3. The molecule has 19 heavy (non-hydrogen) atoms. The van der Waals surface area contributed by atoms with Crippen LogP contribution in [0.3, 0.4) is 0 Å². The van der Waals surface area contributed by atoms with Crippen LogP contribution in [-0.2, 0) is 22.6 Å². The molecule has 1 amide bonds. The van der Waals surface area contributed by atoms with Gasteiger partial charge in [-0.3, -0.25) is 9.69 Å². The third kappa shape index (κ3) is 5.00. The van der Waals surface area contributed by atoms with Crippen molar-refractivity contribution in [2.45, 2.75) is 32.5 Å². The summed E-state index contributed by atoms with van der Waals surface area (Å²) < 4.78 is 7.15. The molecule has 0 bridgehead atoms. The van der Waals surface area contributed by atoms with Crippen LogP contribution in [0.15, 0.2) is 12.4 Å². The number of rotatable bonds is 8. The number of nitrogens with zero attached hydrogens (tertiary/aromatic N) is 3. The first-order valence-corrected chi connectivity index (χ1v) is 6.48. The number of nitrogens with one attached hydrogen (secondary N) is 1. The SMILES string of the molecule is CNC(=O)CC(C)N(C)Cc1nccn1CCOC. The van der Waals surface area contributed by atoms with Gasteiger partial charge in [0.1, 0.15) is 5.82 Å². The summed E-state index contributed by atoms with van der Waals surface area (Å²) >= 11 is 0. The number of imidazole rings is 1. The maximum Gasteiger partial charge on any atom is 0.221 e. The topological polar surface area (TPSA) is 59.4 Å². The molecular formula is C13H24N4O2. The number of methoxy groups -OCH3 is 1. The fourth-order valence-corrected chi connectivity index (χ4v) is 1.79. The van der Waals surface area contributed by atoms with Crippen molar-refractivity contribution in [1.29, 1.82) is 0 Å². The Hall–Kier alpha value is -1.40. The molecule has 0 aliphatic heterocycles. The maximum absolute atomic E-state index is 11.4. The molecule has 6 nitrogen and oxygen atoms in total. The molecule has 0 aliphatic rings. The highest BCUT2D eigenvalue weighted by atomic mass is 16.5. The maximum atomic E-state index is 11.4. The summed E-state index contributed by atoms with van der Waals surface area (Å²) in [5.74, 6) is 1.05. The molecule has 0 radical (unpaired) electrons. The van der Waals surface area contributed by atoms with Gasteiger partial charge in [-0.1, -0.05) is 0 Å². The summed E-state index contributed by atoms with van der Waals surface area (Å²) in [4.78, 5) is 17.8. The third-order valence-corrected chi connectivity index (χ3v) is 3.24. The highest BCUT2D eigenvalue weighted by molar-refractivity contribution is 5.76. The van der Waals surface area contributed by atoms with Crippen LogP contribution in [0.2, 0.25) is 0 Å². The van der Waals surface area contributed by atoms with Gasteiger partial charge in [0.25, 0.3) is 0 Å². The molecule has 1 rings (SSSR count). The van der Waals surface area contributed by atoms with Crippen molar-refractivity contribution in [1.82, 2.24) is 19.8 Å². The molecule has 0 aromatic carbocycles. The average molecular weight is 268 g/mol. The quantitative estimate of drug-likeness (QED) is 0.745. The second-order valence-electron chi connectivity index (χ2n) is 4.67. The fraction of sp³-hybridized carbons (Fsp3) is 0.692. The Morgan fingerprint density at radius 3 is 3.00 bits per heavy atom. The summed E-state index contributed by atoms with van der Waals surface area (Å²) in [6, 6.07) is 0.174. The van der Waals surface area contributed by atoms with Gasteiger partial charge in [-0.25, -0.2) is 4.98 Å². The second kappa shape index (κ2) is 7.91. The summed E-state index contributed by atoms with van der Waals surface area (Å²) in [7, 11) is 5.35. The monoisotopic (exact) mass is 268 g/mol. The number of hydrogen-bond acceptors (Lipinski definition) is 4. The van der Waals surface area contributed by atoms with E-state index in [1.54, 1.807) is 20.4 Å². The van der Waals surface area contributed by atoms with E-state index < -0.39 is 0 Å². The Labute approximate surface area is 114 Å². The minimum atomic E-state index is 0.0575. The summed E-state index contributed by atoms with van der Waals surface area (Å²) in [6.07, 6.45) is 4.24. The molecule has 6 heteroatoms. The van der Waals surface area contributed by atoms with Crippen molar-refractivity contribution < 1.29 is 9.53 Å². The number of aromatic nitrogens is 2. The Balaban J connectivity index is 2.53. The van der Waals surface area contributed by atoms with Gasteiger partial charge in [0.05, 0.1) is 13.2 Å². The molecule has 0 spiro atoms. The molecule has 0 saturated carbocycles. The van der Waals surface area contributed by atoms with E-state index in [4.69, 9.17) is 4.74 Å². The zero-order valence-corrected chi connectivity index (χ0v) is 12.2. The molecule has 1 unspecified atom stereocenters. The highest BCUT2D eigenvalue weighted by Gasteiger charge is 2.15. The minimum absolute atomic E-state index is 0.0575. The first kappa shape index (κ1) is 15.7. The lowest BCUT2D eigenvalue weighted by atomic mass is 10.2. The van der Waals surface area contributed by atoms with E-state index in [9.17, 15) is 4.79 Å². The minimum Gasteiger partial charge on any atom is -0.383 e. The van der Waals surface area contributed by atoms with E-state index in [1.165, 1.54) is 0 Å². The van der Waals surface area contributed by atoms with Gasteiger partial charge in [0.2, 0.25) is 5.91 Å². The summed E-state index contributed by atoms with van der Waals surface area (Å²) in [5.41, 5.74) is 0. The molecule has 1 heterocycles. The average Bonchev–Trinajstić information content (AvgIpc) is 2.83. The van der Waals surface area contributed by atoms with Crippen molar-refractivity contribution in [2.75, 3.05) is 27.8 Å². The van der Waals surface area contributed by atoms with Crippen molar-refractivity contribution in [2.24, 2.45) is 0 Å². The number of amides is 1. The normalized spacial score (nSPS) is 12.7. The third-order valence-electron chi connectivity index (χ3n) is 3.24. The van der Waals surface area contributed by atoms with Crippen molar-refractivity contribution in [3.63, 3.8) is 0 Å². The largest absolute Gasteiger partial charge is 0.383 e. The van der Waals surface area contributed by atoms with Crippen LogP contribution < -0.4 is 5.32 Å². The van der Waals surface area contributed by atoms with Gasteiger partial charge in [-0.15, -0.1) is 0 Å². The lowest BCUT2D eigenvalue weighted by molar-refractivity contribution is -0.121. The van der Waals surface area contributed by atoms with Crippen LogP contribution in [0.25, 0.3) is 0 Å². The smallest absolute Gasteiger partial charge is 0.221 e. The Bertz CT molecular complexity index is 392. The molecule has 1 aromatic heterocycles. The molecule has 0 aliphatic carbocycles. The van der Waals surface area contributed by atoms with E-state index in [2.05, 4.69) is 19.8 Å². The van der Waals surface area contributed by atoms with Crippen LogP contribution in [0.1, 0.15) is 19.2 Å². The van der Waals surface area contributed by atoms with Crippen LogP contribution in [0, 0.1) is 0 Å². The van der Waals surface area contributed by atoms with E-state index in [0.717, 1.165) is 18.9 Å². The number of carbonyl (C=O) groups excluding carboxylic acids is 1. The molecule has 0 saturated heterocycles. The molecule has 0 fully saturated rings. The number of hydrogen-bond donors (Lipinski definition) is 1. The van der Waals surface area contributed by atoms with Crippen molar-refractivity contribution in [3.05, 3.63) is 18.2 Å². The molecule has 1 atom stereocenters. The van der Waals surface area contributed by atoms with E-state index in [1.807, 2.05) is 20.2 Å². The predicted molar refractivity (Wildman–Crippen MR) is 73.7 cm³/mol. The van der Waals surface area contributed by atoms with Crippen molar-refractivity contribution in [3.8, 4) is 0 Å². The van der Waals surface area contributed by atoms with Gasteiger partial charge >= 0.3 is 0 Å². The first-order chi connectivity index (χ1) is 9.08. The van der Waals surface area contributed by atoms with Gasteiger partial charge in [-0.05, 0) is 14.0 Å². The Morgan fingerprint density at radius 1 is 1.63 bits per heavy atom. The Kier molecular flexibility index (Phi) is 6.52. The number of carbonyl (C=O) groups is 1. The van der Waals surface area contributed by atoms with Crippen LogP contribution in [-0.4, -0.2) is 54.2 Å².